The van der Waals surface area contributed by atoms with Crippen LogP contribution in [0.3, 0.4) is 0 Å². The first kappa shape index (κ1) is 82.0. The van der Waals surface area contributed by atoms with Crippen LogP contribution in [-0.4, -0.2) is 180 Å². The molecule has 0 amide bonds. The summed E-state index contributed by atoms with van der Waals surface area (Å²) in [5.41, 5.74) is 2.04. The van der Waals surface area contributed by atoms with E-state index in [9.17, 15) is 16.8 Å². The van der Waals surface area contributed by atoms with Crippen LogP contribution in [0.4, 0.5) is 0 Å². The summed E-state index contributed by atoms with van der Waals surface area (Å²) in [7, 11) is 11.2. The molecule has 15 nitrogen and oxygen atoms in total. The third-order valence-corrected chi connectivity index (χ3v) is 18.2. The predicted octanol–water partition coefficient (Wildman–Crippen LogP) is 9.00. The lowest BCUT2D eigenvalue weighted by Gasteiger charge is -2.05. The number of hydrogen-bond donors (Lipinski definition) is 6. The summed E-state index contributed by atoms with van der Waals surface area (Å²) in [5.74, 6) is 6.71. The molecule has 0 radical (unpaired) electrons. The highest BCUT2D eigenvalue weighted by atomic mass is 35.7. The molecule has 0 heterocycles. The van der Waals surface area contributed by atoms with Gasteiger partial charge in [-0.3, -0.25) is 4.18 Å². The van der Waals surface area contributed by atoms with Crippen LogP contribution in [0.15, 0.2) is 58.3 Å². The zero-order valence-corrected chi connectivity index (χ0v) is 44.9. The molecule has 0 spiro atoms. The van der Waals surface area contributed by atoms with Gasteiger partial charge in [0, 0.05) is 56.7 Å². The summed E-state index contributed by atoms with van der Waals surface area (Å²) in [6.45, 7) is 9.72. The van der Waals surface area contributed by atoms with E-state index in [1.807, 2.05) is 13.8 Å². The summed E-state index contributed by atoms with van der Waals surface area (Å²) in [6, 6.07) is 13.1. The minimum atomic E-state index is -3.59. The Morgan fingerprint density at radius 2 is 0.761 bits per heavy atom. The van der Waals surface area contributed by atoms with Gasteiger partial charge in [-0.25, -0.2) is 8.42 Å². The van der Waals surface area contributed by atoms with E-state index in [4.69, 9.17) is 59.7 Å². The maximum atomic E-state index is 11.8. The maximum absolute atomic E-state index is 11.8. The Bertz CT molecular complexity index is 1420. The Hall–Kier alpha value is 0.990. The maximum Gasteiger partial charge on any atom is 0.297 e. The van der Waals surface area contributed by atoms with E-state index in [0.717, 1.165) is 57.8 Å². The van der Waals surface area contributed by atoms with Gasteiger partial charge in [0.15, 0.2) is 0 Å². The first-order chi connectivity index (χ1) is 30.3. The number of rotatable bonds is 34. The normalized spacial score (nSPS) is 10.3. The van der Waals surface area contributed by atoms with E-state index in [1.165, 1.54) is 12.1 Å². The highest BCUT2D eigenvalue weighted by Crippen LogP contribution is 2.23. The van der Waals surface area contributed by atoms with Gasteiger partial charge >= 0.3 is 0 Å². The summed E-state index contributed by atoms with van der Waals surface area (Å²) < 4.78 is 69.7. The Balaban J connectivity index is -0.000000136. The first-order valence-electron chi connectivity index (χ1n) is 19.2. The SMILES string of the molecule is C.C.C.C.CCCSSCCOS(=O)(=O)c1ccc(C)cc1.Cc1ccc(S(=O)(=O)Cl)cc1.OCCOCCSSCCO.OCCSSCCO.OCOCCOCCSSCCOCO. The van der Waals surface area contributed by atoms with Crippen molar-refractivity contribution < 1.29 is 70.6 Å². The molecule has 0 aliphatic rings. The van der Waals surface area contributed by atoms with Crippen LogP contribution in [0.25, 0.3) is 0 Å². The highest BCUT2D eigenvalue weighted by molar-refractivity contribution is 8.77. The van der Waals surface area contributed by atoms with Crippen LogP contribution in [0.1, 0.15) is 54.2 Å². The number of halogens is 1. The fourth-order valence-corrected chi connectivity index (χ4v) is 11.8. The third kappa shape index (κ3) is 63.0. The quantitative estimate of drug-likeness (QED) is 0.0126. The molecule has 67 heavy (non-hydrogen) atoms. The molecule has 0 saturated heterocycles. The largest absolute Gasteiger partial charge is 0.395 e. The highest BCUT2D eigenvalue weighted by Gasteiger charge is 2.14. The van der Waals surface area contributed by atoms with Crippen molar-refractivity contribution in [3.05, 3.63) is 59.7 Å². The van der Waals surface area contributed by atoms with E-state index in [2.05, 4.69) is 11.7 Å². The monoisotopic (exact) mass is 1170 g/mol. The Kier molecular flexibility index (Phi) is 77.3. The molecule has 0 aromatic heterocycles. The van der Waals surface area contributed by atoms with Crippen LogP contribution >= 0.6 is 97.0 Å². The molecule has 0 fully saturated rings. The molecule has 0 saturated carbocycles. The molecule has 2 aromatic rings. The average molecular weight is 1170 g/mol. The van der Waals surface area contributed by atoms with Crippen molar-refractivity contribution in [3.63, 3.8) is 0 Å². The second kappa shape index (κ2) is 63.1. The van der Waals surface area contributed by atoms with Crippen molar-refractivity contribution in [2.24, 2.45) is 0 Å². The molecule has 0 unspecified atom stereocenters. The van der Waals surface area contributed by atoms with E-state index in [0.29, 0.717) is 45.4 Å². The zero-order chi connectivity index (χ0) is 47.7. The summed E-state index contributed by atoms with van der Waals surface area (Å²) in [5, 5.41) is 49.9. The zero-order valence-electron chi connectivity index (χ0n) is 36.0. The molecule has 2 rings (SSSR count). The summed E-state index contributed by atoms with van der Waals surface area (Å²) in [4.78, 5) is 0.365. The van der Waals surface area contributed by atoms with Crippen molar-refractivity contribution in [2.75, 3.05) is 132 Å². The second-order valence-electron chi connectivity index (χ2n) is 11.1. The third-order valence-electron chi connectivity index (χ3n) is 5.89. The molecule has 6 N–H and O–H groups in total. The molecule has 2 aromatic carbocycles. The van der Waals surface area contributed by atoms with Crippen LogP contribution < -0.4 is 0 Å². The molecule has 0 atom stereocenters. The van der Waals surface area contributed by atoms with Gasteiger partial charge in [-0.05, 0) is 44.5 Å². The van der Waals surface area contributed by atoms with Gasteiger partial charge in [-0.15, -0.1) is 0 Å². The topological polar surface area (TPSA) is 236 Å². The summed E-state index contributed by atoms with van der Waals surface area (Å²) >= 11 is 0. The first-order valence-corrected chi connectivity index (χ1v) is 32.9. The Morgan fingerprint density at radius 1 is 0.433 bits per heavy atom. The van der Waals surface area contributed by atoms with Gasteiger partial charge in [-0.1, -0.05) is 158 Å². The van der Waals surface area contributed by atoms with Crippen LogP contribution in [-0.2, 0) is 42.3 Å². The van der Waals surface area contributed by atoms with Crippen molar-refractivity contribution in [1.29, 1.82) is 0 Å². The Labute approximate surface area is 441 Å². The molecule has 0 bridgehead atoms. The van der Waals surface area contributed by atoms with Gasteiger partial charge in [0.05, 0.1) is 82.5 Å². The van der Waals surface area contributed by atoms with Gasteiger partial charge in [-0.2, -0.15) is 8.42 Å². The van der Waals surface area contributed by atoms with Crippen molar-refractivity contribution >= 4 is 116 Å². The Morgan fingerprint density at radius 3 is 1.13 bits per heavy atom. The average Bonchev–Trinajstić information content (AvgIpc) is 3.26. The predicted molar refractivity (Wildman–Crippen MR) is 301 cm³/mol. The van der Waals surface area contributed by atoms with Crippen LogP contribution in [0.5, 0.6) is 0 Å². The lowest BCUT2D eigenvalue weighted by molar-refractivity contribution is -0.0273. The molecule has 0 aliphatic carbocycles. The van der Waals surface area contributed by atoms with Crippen molar-refractivity contribution in [2.45, 2.75) is 66.7 Å². The fourth-order valence-electron chi connectivity index (χ4n) is 3.11. The molecule has 404 valence electrons. The van der Waals surface area contributed by atoms with E-state index >= 15 is 0 Å². The number of hydrogen-bond acceptors (Lipinski definition) is 23. The standard InChI is InChI=1S/C12H18O3S3.C8H18O5S2.C7H7ClO2S.C6H14O3S2.C4H10O2S2.4CH4/c1-3-9-16-17-10-8-15-18(13,14)12-6-4-11(2)5-7-12;9-7-12-2-1-11-3-5-14-15-6-4-13-8-10;1-6-2-4-7(5-3-6)11(8,9)10;7-1-3-9-4-6-11-10-5-2-8;5-1-3-7-8-4-2-6;;;;/h4-7H,3,8-10H2,1-2H3;9-10H,1-8H2;2-5H,1H3;7-8H,1-6H2;5-6H,1-4H2;4*1H4. The summed E-state index contributed by atoms with van der Waals surface area (Å²) in [6.07, 6.45) is 1.13. The minimum Gasteiger partial charge on any atom is -0.395 e. The van der Waals surface area contributed by atoms with E-state index < -0.39 is 19.2 Å². The smallest absolute Gasteiger partial charge is 0.297 e. The van der Waals surface area contributed by atoms with Gasteiger partial charge in [0.25, 0.3) is 19.2 Å². The minimum absolute atomic E-state index is 0. The van der Waals surface area contributed by atoms with Crippen LogP contribution in [0.2, 0.25) is 0 Å². The number of benzene rings is 2. The lowest BCUT2D eigenvalue weighted by atomic mass is 10.2. The van der Waals surface area contributed by atoms with Crippen LogP contribution in [0, 0.1) is 13.8 Å². The fraction of sp³-hybridized carbons (Fsp3) is 0.707. The van der Waals surface area contributed by atoms with Gasteiger partial charge in [0.2, 0.25) is 0 Å². The molecular formula is C41H83ClO15S10. The molecule has 26 heteroatoms. The number of aliphatic hydroxyl groups is 6. The molecule has 0 aliphatic heterocycles. The number of ether oxygens (including phenoxy) is 4. The van der Waals surface area contributed by atoms with E-state index in [-0.39, 0.29) is 86.1 Å². The lowest BCUT2D eigenvalue weighted by Crippen LogP contribution is -2.08. The van der Waals surface area contributed by atoms with Gasteiger partial charge in [0.1, 0.15) is 13.6 Å². The van der Waals surface area contributed by atoms with Gasteiger partial charge < -0.3 is 49.6 Å². The van der Waals surface area contributed by atoms with Crippen molar-refractivity contribution in [3.8, 4) is 0 Å². The van der Waals surface area contributed by atoms with E-state index in [1.54, 1.807) is 123 Å². The number of aryl methyl sites for hydroxylation is 2. The van der Waals surface area contributed by atoms with Crippen molar-refractivity contribution in [1.82, 2.24) is 0 Å². The number of aliphatic hydroxyl groups excluding tert-OH is 6. The second-order valence-corrected chi connectivity index (χ2v) is 26.1. The molecular weight excluding hydrogens is 1090 g/mol.